The van der Waals surface area contributed by atoms with Crippen molar-refractivity contribution in [2.24, 2.45) is 0 Å². The largest absolute Gasteiger partial charge is 0.354 e. The Morgan fingerprint density at radius 2 is 1.88 bits per heavy atom. The van der Waals surface area contributed by atoms with Crippen molar-refractivity contribution in [3.8, 4) is 6.07 Å². The van der Waals surface area contributed by atoms with Gasteiger partial charge in [0.2, 0.25) is 0 Å². The third-order valence-corrected chi connectivity index (χ3v) is 4.40. The molecule has 0 radical (unpaired) electrons. The molecule has 0 bridgehead atoms. The highest BCUT2D eigenvalue weighted by Gasteiger charge is 2.20. The number of nitriles is 1. The summed E-state index contributed by atoms with van der Waals surface area (Å²) in [6, 6.07) is 10.00. The lowest BCUT2D eigenvalue weighted by atomic mass is 10.1. The van der Waals surface area contributed by atoms with Gasteiger partial charge in [-0.05, 0) is 18.2 Å². The Kier molecular flexibility index (Phi) is 4.93. The number of aromatic nitrogens is 1. The molecule has 0 saturated carbocycles. The molecule has 2 heterocycles. The van der Waals surface area contributed by atoms with Gasteiger partial charge in [0.15, 0.2) is 0 Å². The highest BCUT2D eigenvalue weighted by molar-refractivity contribution is 6.30. The normalized spacial score (nSPS) is 15.3. The molecule has 1 fully saturated rings. The van der Waals surface area contributed by atoms with Crippen LogP contribution in [-0.2, 0) is 6.54 Å². The molecule has 1 aliphatic heterocycles. The summed E-state index contributed by atoms with van der Waals surface area (Å²) >= 11 is 5.62. The minimum Gasteiger partial charge on any atom is -0.354 e. The topological polar surface area (TPSA) is 43.2 Å². The average Bonchev–Trinajstić information content (AvgIpc) is 2.63. The lowest BCUT2D eigenvalue weighted by molar-refractivity contribution is 0.246. The first-order valence-corrected chi connectivity index (χ1v) is 7.93. The van der Waals surface area contributed by atoms with Crippen LogP contribution in [0.5, 0.6) is 0 Å². The molecule has 1 aromatic carbocycles. The van der Waals surface area contributed by atoms with Crippen molar-refractivity contribution in [1.82, 2.24) is 9.88 Å². The first kappa shape index (κ1) is 16.6. The number of pyridine rings is 1. The summed E-state index contributed by atoms with van der Waals surface area (Å²) in [5, 5.41) is 8.47. The van der Waals surface area contributed by atoms with Crippen LogP contribution in [0.3, 0.4) is 0 Å². The Hall–Kier alpha value is -2.23. The zero-order valence-electron chi connectivity index (χ0n) is 12.8. The van der Waals surface area contributed by atoms with E-state index in [1.54, 1.807) is 6.07 Å². The minimum absolute atomic E-state index is 0.380. The van der Waals surface area contributed by atoms with E-state index in [4.69, 9.17) is 16.9 Å². The molecular weight excluding hydrogens is 334 g/mol. The van der Waals surface area contributed by atoms with Crippen molar-refractivity contribution in [3.05, 3.63) is 58.2 Å². The van der Waals surface area contributed by atoms with E-state index in [0.29, 0.717) is 30.9 Å². The highest BCUT2D eigenvalue weighted by Crippen LogP contribution is 2.23. The number of nitrogens with zero attached hydrogens (tertiary/aromatic N) is 4. The number of halogens is 3. The van der Waals surface area contributed by atoms with Gasteiger partial charge in [0, 0.05) is 38.3 Å². The number of rotatable bonds is 3. The second-order valence-electron chi connectivity index (χ2n) is 5.59. The van der Waals surface area contributed by atoms with Gasteiger partial charge in [-0.3, -0.25) is 4.90 Å². The van der Waals surface area contributed by atoms with Crippen molar-refractivity contribution in [3.63, 3.8) is 0 Å². The summed E-state index contributed by atoms with van der Waals surface area (Å²) in [6.07, 6.45) is 0. The van der Waals surface area contributed by atoms with Crippen molar-refractivity contribution in [2.45, 2.75) is 6.54 Å². The second-order valence-corrected chi connectivity index (χ2v) is 5.97. The van der Waals surface area contributed by atoms with E-state index >= 15 is 0 Å². The summed E-state index contributed by atoms with van der Waals surface area (Å²) in [7, 11) is 0. The molecule has 1 aliphatic rings. The van der Waals surface area contributed by atoms with E-state index < -0.39 is 16.7 Å². The first-order chi connectivity index (χ1) is 11.6. The van der Waals surface area contributed by atoms with Crippen molar-refractivity contribution in [1.29, 1.82) is 5.26 Å². The van der Waals surface area contributed by atoms with Gasteiger partial charge >= 0.3 is 0 Å². The molecule has 7 heteroatoms. The summed E-state index contributed by atoms with van der Waals surface area (Å²) < 4.78 is 27.2. The summed E-state index contributed by atoms with van der Waals surface area (Å²) in [5.41, 5.74) is 0.775. The molecule has 0 atom stereocenters. The van der Waals surface area contributed by atoms with Gasteiger partial charge in [-0.1, -0.05) is 23.7 Å². The minimum atomic E-state index is -0.744. The zero-order chi connectivity index (χ0) is 17.1. The van der Waals surface area contributed by atoms with E-state index in [-0.39, 0.29) is 0 Å². The third-order valence-electron chi connectivity index (χ3n) is 4.05. The fourth-order valence-corrected chi connectivity index (χ4v) is 2.91. The van der Waals surface area contributed by atoms with Gasteiger partial charge in [0.1, 0.15) is 34.2 Å². The lowest BCUT2D eigenvalue weighted by Crippen LogP contribution is -2.46. The molecule has 0 unspecified atom stereocenters. The van der Waals surface area contributed by atoms with Crippen LogP contribution in [0.15, 0.2) is 30.3 Å². The van der Waals surface area contributed by atoms with E-state index in [2.05, 4.69) is 14.8 Å². The van der Waals surface area contributed by atoms with Crippen LogP contribution in [0.1, 0.15) is 11.3 Å². The van der Waals surface area contributed by atoms with Crippen LogP contribution < -0.4 is 4.90 Å². The van der Waals surface area contributed by atoms with Crippen LogP contribution >= 0.6 is 11.6 Å². The molecule has 1 saturated heterocycles. The molecule has 0 N–H and O–H groups in total. The van der Waals surface area contributed by atoms with Gasteiger partial charge in [0.05, 0.1) is 0 Å². The lowest BCUT2D eigenvalue weighted by Gasteiger charge is -2.35. The van der Waals surface area contributed by atoms with Crippen LogP contribution in [0.4, 0.5) is 14.6 Å². The van der Waals surface area contributed by atoms with Crippen molar-refractivity contribution in [2.75, 3.05) is 31.1 Å². The molecule has 24 heavy (non-hydrogen) atoms. The van der Waals surface area contributed by atoms with Gasteiger partial charge in [-0.15, -0.1) is 0 Å². The molecule has 4 nitrogen and oxygen atoms in total. The fraction of sp³-hybridized carbons (Fsp3) is 0.294. The predicted molar refractivity (Wildman–Crippen MR) is 87.8 cm³/mol. The molecular formula is C17H15ClF2N4. The smallest absolute Gasteiger partial charge is 0.149 e. The Bertz CT molecular complexity index is 783. The molecule has 0 aliphatic carbocycles. The number of piperazine rings is 1. The van der Waals surface area contributed by atoms with E-state index in [1.165, 1.54) is 12.1 Å². The van der Waals surface area contributed by atoms with Crippen molar-refractivity contribution >= 4 is 17.4 Å². The summed E-state index contributed by atoms with van der Waals surface area (Å²) in [5.74, 6) is -0.668. The third kappa shape index (κ3) is 3.48. The first-order valence-electron chi connectivity index (χ1n) is 7.55. The standard InChI is InChI=1S/C17H15ClF2N4/c18-16-14(19)5-4-12(17(16)20)11-23-6-8-24(9-7-23)15-3-1-2-13(10-21)22-15/h1-5H,6-9,11H2. The Balaban J connectivity index is 1.63. The van der Waals surface area contributed by atoms with E-state index in [9.17, 15) is 8.78 Å². The van der Waals surface area contributed by atoms with Crippen LogP contribution in [0.25, 0.3) is 0 Å². The number of hydrogen-bond acceptors (Lipinski definition) is 4. The van der Waals surface area contributed by atoms with Gasteiger partial charge < -0.3 is 4.90 Å². The van der Waals surface area contributed by atoms with Gasteiger partial charge in [0.25, 0.3) is 0 Å². The monoisotopic (exact) mass is 348 g/mol. The molecule has 2 aromatic rings. The molecule has 124 valence electrons. The van der Waals surface area contributed by atoms with Crippen LogP contribution in [0, 0.1) is 23.0 Å². The van der Waals surface area contributed by atoms with Crippen LogP contribution in [-0.4, -0.2) is 36.1 Å². The molecule has 1 aromatic heterocycles. The maximum Gasteiger partial charge on any atom is 0.149 e. The fourth-order valence-electron chi connectivity index (χ4n) is 2.73. The average molecular weight is 349 g/mol. The van der Waals surface area contributed by atoms with Gasteiger partial charge in [-0.25, -0.2) is 13.8 Å². The summed E-state index contributed by atoms with van der Waals surface area (Å²) in [4.78, 5) is 8.46. The highest BCUT2D eigenvalue weighted by atomic mass is 35.5. The maximum atomic E-state index is 14.0. The maximum absolute atomic E-state index is 14.0. The predicted octanol–water partition coefficient (Wildman–Crippen LogP) is 3.21. The van der Waals surface area contributed by atoms with E-state index in [0.717, 1.165) is 18.9 Å². The zero-order valence-corrected chi connectivity index (χ0v) is 13.6. The second kappa shape index (κ2) is 7.12. The number of anilines is 1. The SMILES string of the molecule is N#Cc1cccc(N2CCN(Cc3ccc(F)c(Cl)c3F)CC2)n1. The van der Waals surface area contributed by atoms with E-state index in [1.807, 2.05) is 18.2 Å². The Morgan fingerprint density at radius 3 is 2.58 bits per heavy atom. The quantitative estimate of drug-likeness (QED) is 0.799. The number of benzene rings is 1. The van der Waals surface area contributed by atoms with Gasteiger partial charge in [-0.2, -0.15) is 5.26 Å². The molecule has 0 amide bonds. The molecule has 0 spiro atoms. The molecule has 3 rings (SSSR count). The summed E-state index contributed by atoms with van der Waals surface area (Å²) in [6.45, 7) is 3.25. The Morgan fingerprint density at radius 1 is 1.12 bits per heavy atom. The van der Waals surface area contributed by atoms with Crippen LogP contribution in [0.2, 0.25) is 5.02 Å². The number of hydrogen-bond donors (Lipinski definition) is 0. The Labute approximate surface area is 143 Å². The van der Waals surface area contributed by atoms with Crippen molar-refractivity contribution < 1.29 is 8.78 Å².